The Bertz CT molecular complexity index is 476. The second-order valence-electron chi connectivity index (χ2n) is 2.39. The van der Waals surface area contributed by atoms with Gasteiger partial charge in [0.05, 0.1) is 14.2 Å². The zero-order valence-electron chi connectivity index (χ0n) is 7.81. The Morgan fingerprint density at radius 3 is 2.47 bits per heavy atom. The lowest BCUT2D eigenvalue weighted by Crippen LogP contribution is -2.04. The highest BCUT2D eigenvalue weighted by atomic mass is 35.7. The fourth-order valence-electron chi connectivity index (χ4n) is 0.937. The third-order valence-electron chi connectivity index (χ3n) is 1.55. The smallest absolute Gasteiger partial charge is 0.349 e. The number of halogens is 1. The highest BCUT2D eigenvalue weighted by Gasteiger charge is 2.28. The summed E-state index contributed by atoms with van der Waals surface area (Å²) >= 11 is 0.897. The normalized spacial score (nSPS) is 11.1. The van der Waals surface area contributed by atoms with Gasteiger partial charge in [0.25, 0.3) is 9.05 Å². The minimum Gasteiger partial charge on any atom is -0.494 e. The third kappa shape index (κ3) is 2.42. The molecule has 0 bridgehead atoms. The summed E-state index contributed by atoms with van der Waals surface area (Å²) in [5, 5.41) is 1.38. The monoisotopic (exact) mass is 270 g/mol. The van der Waals surface area contributed by atoms with Crippen molar-refractivity contribution in [1.29, 1.82) is 0 Å². The van der Waals surface area contributed by atoms with E-state index in [0.29, 0.717) is 0 Å². The highest BCUT2D eigenvalue weighted by molar-refractivity contribution is 8.14. The van der Waals surface area contributed by atoms with E-state index in [0.717, 1.165) is 18.4 Å². The number of carbonyl (C=O) groups is 1. The van der Waals surface area contributed by atoms with Gasteiger partial charge in [-0.3, -0.25) is 0 Å². The Labute approximate surface area is 95.0 Å². The molecule has 0 fully saturated rings. The number of carbonyl (C=O) groups excluding carboxylic acids is 1. The fourth-order valence-corrected chi connectivity index (χ4v) is 3.59. The van der Waals surface area contributed by atoms with Gasteiger partial charge in [-0.1, -0.05) is 0 Å². The van der Waals surface area contributed by atoms with Crippen LogP contribution >= 0.6 is 22.0 Å². The minimum atomic E-state index is -4.03. The fraction of sp³-hybridized carbons (Fsp3) is 0.286. The Morgan fingerprint density at radius 2 is 2.07 bits per heavy atom. The molecule has 1 aromatic rings. The van der Waals surface area contributed by atoms with Crippen molar-refractivity contribution in [1.82, 2.24) is 0 Å². The molecule has 1 aromatic heterocycles. The third-order valence-corrected chi connectivity index (χ3v) is 3.97. The lowest BCUT2D eigenvalue weighted by molar-refractivity contribution is 0.0602. The Kier molecular flexibility index (Phi) is 3.58. The van der Waals surface area contributed by atoms with E-state index in [1.54, 1.807) is 0 Å². The molecule has 8 heteroatoms. The van der Waals surface area contributed by atoms with E-state index in [1.807, 2.05) is 0 Å². The number of hydrogen-bond acceptors (Lipinski definition) is 6. The standard InChI is InChI=1S/C7H7ClO5S2/c1-12-4-3-14-5(7(9)13-2)6(4)15(8,10)11/h3H,1-2H3. The van der Waals surface area contributed by atoms with E-state index in [4.69, 9.17) is 15.4 Å². The van der Waals surface area contributed by atoms with Crippen LogP contribution in [0.1, 0.15) is 9.67 Å². The van der Waals surface area contributed by atoms with Crippen LogP contribution in [0, 0.1) is 0 Å². The molecule has 0 N–H and O–H groups in total. The highest BCUT2D eigenvalue weighted by Crippen LogP contribution is 2.35. The average molecular weight is 271 g/mol. The van der Waals surface area contributed by atoms with Crippen LogP contribution in [0.2, 0.25) is 0 Å². The predicted molar refractivity (Wildman–Crippen MR) is 55.2 cm³/mol. The maximum Gasteiger partial charge on any atom is 0.349 e. The largest absolute Gasteiger partial charge is 0.494 e. The molecule has 0 aliphatic carbocycles. The maximum absolute atomic E-state index is 11.2. The maximum atomic E-state index is 11.2. The zero-order valence-corrected chi connectivity index (χ0v) is 10.2. The molecule has 84 valence electrons. The van der Waals surface area contributed by atoms with Gasteiger partial charge in [-0.15, -0.1) is 11.3 Å². The number of hydrogen-bond donors (Lipinski definition) is 0. The van der Waals surface area contributed by atoms with Crippen LogP contribution in [0.25, 0.3) is 0 Å². The Balaban J connectivity index is 3.43. The summed E-state index contributed by atoms with van der Waals surface area (Å²) in [5.74, 6) is -0.724. The first-order valence-electron chi connectivity index (χ1n) is 3.60. The average Bonchev–Trinajstić information content (AvgIpc) is 2.59. The summed E-state index contributed by atoms with van der Waals surface area (Å²) in [6.07, 6.45) is 0. The Hall–Kier alpha value is -0.790. The second kappa shape index (κ2) is 4.38. The molecule has 0 radical (unpaired) electrons. The van der Waals surface area contributed by atoms with Crippen LogP contribution in [-0.4, -0.2) is 28.6 Å². The quantitative estimate of drug-likeness (QED) is 0.614. The van der Waals surface area contributed by atoms with Crippen LogP contribution < -0.4 is 4.74 Å². The summed E-state index contributed by atoms with van der Waals surface area (Å²) in [6.45, 7) is 0. The molecule has 0 saturated heterocycles. The molecule has 1 rings (SSSR count). The molecule has 0 aliphatic heterocycles. The second-order valence-corrected chi connectivity index (χ2v) is 5.77. The van der Waals surface area contributed by atoms with Gasteiger partial charge in [-0.2, -0.15) is 0 Å². The van der Waals surface area contributed by atoms with Gasteiger partial charge in [0.2, 0.25) is 0 Å². The van der Waals surface area contributed by atoms with Crippen LogP contribution in [-0.2, 0) is 13.8 Å². The number of rotatable bonds is 3. The molecule has 0 atom stereocenters. The van der Waals surface area contributed by atoms with Gasteiger partial charge in [0.1, 0.15) is 15.5 Å². The van der Waals surface area contributed by atoms with Crippen molar-refractivity contribution >= 4 is 37.0 Å². The van der Waals surface area contributed by atoms with Gasteiger partial charge in [0.15, 0.2) is 0 Å². The van der Waals surface area contributed by atoms with Crippen molar-refractivity contribution in [2.45, 2.75) is 4.90 Å². The van der Waals surface area contributed by atoms with Crippen LogP contribution in [0.4, 0.5) is 0 Å². The molecule has 0 amide bonds. The van der Waals surface area contributed by atoms with Crippen molar-refractivity contribution in [2.24, 2.45) is 0 Å². The summed E-state index contributed by atoms with van der Waals surface area (Å²) < 4.78 is 31.6. The number of thiophene rings is 1. The molecule has 0 saturated carbocycles. The van der Waals surface area contributed by atoms with E-state index < -0.39 is 15.0 Å². The lowest BCUT2D eigenvalue weighted by Gasteiger charge is -2.01. The first kappa shape index (κ1) is 12.3. The molecular weight excluding hydrogens is 264 g/mol. The van der Waals surface area contributed by atoms with Gasteiger partial charge < -0.3 is 9.47 Å². The number of ether oxygens (including phenoxy) is 2. The minimum absolute atomic E-state index is 0.0374. The van der Waals surface area contributed by atoms with Crippen molar-refractivity contribution in [2.75, 3.05) is 14.2 Å². The molecule has 15 heavy (non-hydrogen) atoms. The molecule has 1 heterocycles. The van der Waals surface area contributed by atoms with Crippen molar-refractivity contribution < 1.29 is 22.7 Å². The number of esters is 1. The predicted octanol–water partition coefficient (Wildman–Crippen LogP) is 1.47. The SMILES string of the molecule is COC(=O)c1scc(OC)c1S(=O)(=O)Cl. The van der Waals surface area contributed by atoms with Crippen LogP contribution in [0.15, 0.2) is 10.3 Å². The van der Waals surface area contributed by atoms with E-state index in [2.05, 4.69) is 4.74 Å². The van der Waals surface area contributed by atoms with E-state index in [-0.39, 0.29) is 15.5 Å². The molecular formula is C7H7ClO5S2. The lowest BCUT2D eigenvalue weighted by atomic mass is 10.4. The zero-order chi connectivity index (χ0) is 11.6. The number of methoxy groups -OCH3 is 2. The van der Waals surface area contributed by atoms with Gasteiger partial charge in [-0.05, 0) is 0 Å². The first-order valence-corrected chi connectivity index (χ1v) is 6.79. The molecule has 0 spiro atoms. The molecule has 0 unspecified atom stereocenters. The summed E-state index contributed by atoms with van der Waals surface area (Å²) in [6, 6.07) is 0. The summed E-state index contributed by atoms with van der Waals surface area (Å²) in [4.78, 5) is 10.8. The van der Waals surface area contributed by atoms with E-state index >= 15 is 0 Å². The Morgan fingerprint density at radius 1 is 1.47 bits per heavy atom. The van der Waals surface area contributed by atoms with Gasteiger partial charge >= 0.3 is 5.97 Å². The first-order chi connectivity index (χ1) is 6.91. The molecule has 0 aromatic carbocycles. The van der Waals surface area contributed by atoms with Crippen molar-refractivity contribution in [3.8, 4) is 5.75 Å². The molecule has 5 nitrogen and oxygen atoms in total. The van der Waals surface area contributed by atoms with Crippen LogP contribution in [0.5, 0.6) is 5.75 Å². The van der Waals surface area contributed by atoms with Crippen LogP contribution in [0.3, 0.4) is 0 Å². The topological polar surface area (TPSA) is 69.7 Å². The summed E-state index contributed by atoms with van der Waals surface area (Å²) in [5.41, 5.74) is 0. The summed E-state index contributed by atoms with van der Waals surface area (Å²) in [7, 11) is 3.59. The van der Waals surface area contributed by atoms with Crippen molar-refractivity contribution in [3.63, 3.8) is 0 Å². The molecule has 0 aliphatic rings. The van der Waals surface area contributed by atoms with E-state index in [1.165, 1.54) is 12.5 Å². The van der Waals surface area contributed by atoms with E-state index in [9.17, 15) is 13.2 Å². The van der Waals surface area contributed by atoms with Gasteiger partial charge in [-0.25, -0.2) is 13.2 Å². The van der Waals surface area contributed by atoms with Gasteiger partial charge in [0, 0.05) is 16.1 Å². The van der Waals surface area contributed by atoms with Crippen molar-refractivity contribution in [3.05, 3.63) is 10.3 Å².